The Kier molecular flexibility index (Phi) is 6.15. The van der Waals surface area contributed by atoms with Gasteiger partial charge in [0.05, 0.1) is 18.1 Å². The Morgan fingerprint density at radius 3 is 2.65 bits per heavy atom. The molecule has 1 N–H and O–H groups in total. The van der Waals surface area contributed by atoms with Crippen LogP contribution in [0, 0.1) is 5.82 Å². The van der Waals surface area contributed by atoms with Crippen LogP contribution in [0.3, 0.4) is 0 Å². The lowest BCUT2D eigenvalue weighted by Gasteiger charge is -2.21. The second-order valence-corrected chi connectivity index (χ2v) is 7.82. The molecule has 31 heavy (non-hydrogen) atoms. The Morgan fingerprint density at radius 1 is 1.10 bits per heavy atom. The van der Waals surface area contributed by atoms with Crippen molar-refractivity contribution in [1.29, 1.82) is 0 Å². The molecule has 0 radical (unpaired) electrons. The summed E-state index contributed by atoms with van der Waals surface area (Å²) in [4.78, 5) is 17.1. The molecule has 2 heterocycles. The quantitative estimate of drug-likeness (QED) is 0.471. The van der Waals surface area contributed by atoms with Crippen LogP contribution in [0.2, 0.25) is 10.0 Å². The molecular weight excluding hydrogens is 446 g/mol. The van der Waals surface area contributed by atoms with Gasteiger partial charge in [0.15, 0.2) is 5.75 Å². The van der Waals surface area contributed by atoms with Crippen molar-refractivity contribution in [2.75, 3.05) is 11.4 Å². The van der Waals surface area contributed by atoms with E-state index in [9.17, 15) is 9.18 Å². The Labute approximate surface area is 187 Å². The van der Waals surface area contributed by atoms with Gasteiger partial charge in [0.1, 0.15) is 18.2 Å². The predicted molar refractivity (Wildman–Crippen MR) is 115 cm³/mol. The SMILES string of the molecule is O=C(O)Oc1cncc2c1CCN2Cc1cc(Cl)ccc1OCc1ccc(Cl)cc1F. The van der Waals surface area contributed by atoms with Crippen molar-refractivity contribution in [2.24, 2.45) is 0 Å². The van der Waals surface area contributed by atoms with E-state index in [1.807, 2.05) is 4.90 Å². The molecule has 0 amide bonds. The molecule has 1 aromatic heterocycles. The number of pyridine rings is 1. The Morgan fingerprint density at radius 2 is 1.87 bits per heavy atom. The van der Waals surface area contributed by atoms with Crippen LogP contribution in [0.15, 0.2) is 48.8 Å². The molecule has 0 saturated heterocycles. The van der Waals surface area contributed by atoms with Gasteiger partial charge >= 0.3 is 6.16 Å². The number of ether oxygens (including phenoxy) is 2. The predicted octanol–water partition coefficient (Wildman–Crippen LogP) is 5.73. The number of carbonyl (C=O) groups is 1. The molecule has 2 aromatic carbocycles. The first-order valence-electron chi connectivity index (χ1n) is 9.38. The van der Waals surface area contributed by atoms with E-state index >= 15 is 0 Å². The highest BCUT2D eigenvalue weighted by molar-refractivity contribution is 6.30. The molecule has 3 aromatic rings. The third-order valence-corrected chi connectivity index (χ3v) is 5.42. The van der Waals surface area contributed by atoms with Gasteiger partial charge in [0.25, 0.3) is 0 Å². The highest BCUT2D eigenvalue weighted by atomic mass is 35.5. The Bertz CT molecular complexity index is 1140. The summed E-state index contributed by atoms with van der Waals surface area (Å²) in [7, 11) is 0. The van der Waals surface area contributed by atoms with Gasteiger partial charge in [0, 0.05) is 39.8 Å². The van der Waals surface area contributed by atoms with Crippen LogP contribution < -0.4 is 14.4 Å². The normalized spacial score (nSPS) is 12.5. The number of hydrogen-bond acceptors (Lipinski definition) is 5. The zero-order chi connectivity index (χ0) is 22.0. The van der Waals surface area contributed by atoms with Gasteiger partial charge in [-0.1, -0.05) is 29.3 Å². The number of rotatable bonds is 6. The van der Waals surface area contributed by atoms with Gasteiger partial charge in [0.2, 0.25) is 0 Å². The van der Waals surface area contributed by atoms with Crippen molar-refractivity contribution in [1.82, 2.24) is 4.98 Å². The molecule has 1 aliphatic heterocycles. The first kappa shape index (κ1) is 21.2. The Balaban J connectivity index is 1.55. The van der Waals surface area contributed by atoms with E-state index in [-0.39, 0.29) is 12.4 Å². The second kappa shape index (κ2) is 8.99. The van der Waals surface area contributed by atoms with E-state index in [1.54, 1.807) is 36.5 Å². The van der Waals surface area contributed by atoms with Gasteiger partial charge in [-0.2, -0.15) is 0 Å². The highest BCUT2D eigenvalue weighted by Gasteiger charge is 2.25. The van der Waals surface area contributed by atoms with E-state index in [2.05, 4.69) is 4.98 Å². The fourth-order valence-corrected chi connectivity index (χ4v) is 3.86. The van der Waals surface area contributed by atoms with Crippen molar-refractivity contribution in [3.8, 4) is 11.5 Å². The smallest absolute Gasteiger partial charge is 0.488 e. The maximum atomic E-state index is 14.1. The van der Waals surface area contributed by atoms with E-state index in [0.29, 0.717) is 40.9 Å². The van der Waals surface area contributed by atoms with Crippen LogP contribution in [0.25, 0.3) is 0 Å². The van der Waals surface area contributed by atoms with Crippen molar-refractivity contribution >= 4 is 35.0 Å². The van der Waals surface area contributed by atoms with Gasteiger partial charge in [-0.3, -0.25) is 4.98 Å². The fraction of sp³-hybridized carbons (Fsp3) is 0.182. The minimum Gasteiger partial charge on any atom is -0.488 e. The monoisotopic (exact) mass is 462 g/mol. The molecule has 0 fully saturated rings. The van der Waals surface area contributed by atoms with E-state index in [4.69, 9.17) is 37.8 Å². The number of fused-ring (bicyclic) bond motifs is 1. The number of carboxylic acid groups (broad SMARTS) is 1. The fourth-order valence-electron chi connectivity index (χ4n) is 3.51. The summed E-state index contributed by atoms with van der Waals surface area (Å²) < 4.78 is 24.8. The van der Waals surface area contributed by atoms with Crippen LogP contribution in [0.1, 0.15) is 16.7 Å². The molecule has 9 heteroatoms. The summed E-state index contributed by atoms with van der Waals surface area (Å²) in [6, 6.07) is 9.67. The molecule has 0 bridgehead atoms. The van der Waals surface area contributed by atoms with Crippen LogP contribution >= 0.6 is 23.2 Å². The molecule has 160 valence electrons. The number of nitrogens with zero attached hydrogens (tertiary/aromatic N) is 2. The molecule has 0 saturated carbocycles. The topological polar surface area (TPSA) is 71.9 Å². The summed E-state index contributed by atoms with van der Waals surface area (Å²) in [5.41, 5.74) is 2.76. The van der Waals surface area contributed by atoms with Gasteiger partial charge in [-0.25, -0.2) is 9.18 Å². The minimum absolute atomic E-state index is 0.0341. The van der Waals surface area contributed by atoms with Crippen LogP contribution in [0.4, 0.5) is 14.9 Å². The average Bonchev–Trinajstić information content (AvgIpc) is 3.12. The van der Waals surface area contributed by atoms with Gasteiger partial charge in [-0.05, 0) is 36.8 Å². The van der Waals surface area contributed by atoms with Crippen LogP contribution in [-0.2, 0) is 19.6 Å². The number of anilines is 1. The molecule has 0 aliphatic carbocycles. The molecule has 6 nitrogen and oxygen atoms in total. The number of halogens is 3. The summed E-state index contributed by atoms with van der Waals surface area (Å²) in [5, 5.41) is 9.79. The maximum Gasteiger partial charge on any atom is 0.511 e. The van der Waals surface area contributed by atoms with Gasteiger partial charge < -0.3 is 19.5 Å². The summed E-state index contributed by atoms with van der Waals surface area (Å²) in [5.74, 6) is 0.361. The summed E-state index contributed by atoms with van der Waals surface area (Å²) >= 11 is 12.0. The molecule has 0 unspecified atom stereocenters. The second-order valence-electron chi connectivity index (χ2n) is 6.95. The number of aromatic nitrogens is 1. The average molecular weight is 463 g/mol. The minimum atomic E-state index is -1.38. The van der Waals surface area contributed by atoms with E-state index < -0.39 is 12.0 Å². The first-order chi connectivity index (χ1) is 14.9. The standard InChI is InChI=1S/C22H17Cl2FN2O4/c23-15-3-4-20(30-12-13-1-2-16(24)8-18(13)25)14(7-15)11-27-6-5-17-19(27)9-26-10-21(17)31-22(28)29/h1-4,7-10H,5-6,11-12H2,(H,28,29). The lowest BCUT2D eigenvalue weighted by atomic mass is 10.1. The summed E-state index contributed by atoms with van der Waals surface area (Å²) in [6.07, 6.45) is 2.30. The van der Waals surface area contributed by atoms with E-state index in [0.717, 1.165) is 16.8 Å². The van der Waals surface area contributed by atoms with Crippen molar-refractivity contribution in [3.05, 3.63) is 81.3 Å². The molecule has 1 aliphatic rings. The maximum absolute atomic E-state index is 14.1. The first-order valence-corrected chi connectivity index (χ1v) is 10.1. The third kappa shape index (κ3) is 4.84. The van der Waals surface area contributed by atoms with Crippen molar-refractivity contribution in [3.63, 3.8) is 0 Å². The lowest BCUT2D eigenvalue weighted by Crippen LogP contribution is -2.20. The molecule has 4 rings (SSSR count). The zero-order valence-corrected chi connectivity index (χ0v) is 17.7. The molecular formula is C22H17Cl2FN2O4. The van der Waals surface area contributed by atoms with Crippen LogP contribution in [0.5, 0.6) is 11.5 Å². The van der Waals surface area contributed by atoms with Gasteiger partial charge in [-0.15, -0.1) is 0 Å². The molecule has 0 spiro atoms. The summed E-state index contributed by atoms with van der Waals surface area (Å²) in [6.45, 7) is 1.13. The zero-order valence-electron chi connectivity index (χ0n) is 16.1. The number of benzene rings is 2. The highest BCUT2D eigenvalue weighted by Crippen LogP contribution is 2.36. The molecule has 0 atom stereocenters. The third-order valence-electron chi connectivity index (χ3n) is 4.95. The number of hydrogen-bond donors (Lipinski definition) is 1. The largest absolute Gasteiger partial charge is 0.511 e. The van der Waals surface area contributed by atoms with Crippen LogP contribution in [-0.4, -0.2) is 22.8 Å². The Hall–Kier alpha value is -3.03. The van der Waals surface area contributed by atoms with E-state index in [1.165, 1.54) is 12.3 Å². The lowest BCUT2D eigenvalue weighted by molar-refractivity contribution is 0.144. The van der Waals surface area contributed by atoms with Crippen molar-refractivity contribution < 1.29 is 23.8 Å². The van der Waals surface area contributed by atoms with Crippen molar-refractivity contribution in [2.45, 2.75) is 19.6 Å².